The van der Waals surface area contributed by atoms with Gasteiger partial charge in [0.15, 0.2) is 0 Å². The van der Waals surface area contributed by atoms with Crippen LogP contribution in [0.25, 0.3) is 10.9 Å². The molecule has 1 fully saturated rings. The molecule has 8 heteroatoms. The number of benzene rings is 1. The monoisotopic (exact) mass is 379 g/mol. The second-order valence-electron chi connectivity index (χ2n) is 6.93. The van der Waals surface area contributed by atoms with Gasteiger partial charge in [0, 0.05) is 12.6 Å². The van der Waals surface area contributed by atoms with Crippen LogP contribution < -0.4 is 10.3 Å². The van der Waals surface area contributed by atoms with Gasteiger partial charge in [-0.3, -0.25) is 14.2 Å². The van der Waals surface area contributed by atoms with E-state index in [1.165, 1.54) is 10.9 Å². The molecular formula is C20H21N5O3. The predicted molar refractivity (Wildman–Crippen MR) is 103 cm³/mol. The minimum atomic E-state index is -0.210. The third kappa shape index (κ3) is 3.85. The van der Waals surface area contributed by atoms with Crippen molar-refractivity contribution in [2.45, 2.75) is 32.4 Å². The fourth-order valence-corrected chi connectivity index (χ4v) is 3.35. The van der Waals surface area contributed by atoms with Gasteiger partial charge in [-0.15, -0.1) is 5.10 Å². The second kappa shape index (κ2) is 7.75. The number of amides is 1. The molecule has 1 atom stereocenters. The van der Waals surface area contributed by atoms with Gasteiger partial charge in [-0.2, -0.15) is 5.10 Å². The topological polar surface area (TPSA) is 90.2 Å². The van der Waals surface area contributed by atoms with E-state index in [4.69, 9.17) is 4.74 Å². The Hall–Kier alpha value is -3.29. The van der Waals surface area contributed by atoms with Gasteiger partial charge in [0.25, 0.3) is 5.56 Å². The number of carbonyl (C=O) groups excluding carboxylic acids is 1. The molecule has 0 aliphatic carbocycles. The molecule has 0 spiro atoms. The standard InChI is InChI=1S/C20H21N5O3/c1-14-8-9-18(23-22-14)28-15-5-4-10-24(11-15)19(26)12-25-13-21-17-7-3-2-6-16(17)20(25)27/h2-3,6-9,13,15H,4-5,10-12H2,1H3. The summed E-state index contributed by atoms with van der Waals surface area (Å²) in [5.74, 6) is 0.335. The van der Waals surface area contributed by atoms with Crippen molar-refractivity contribution in [3.63, 3.8) is 0 Å². The lowest BCUT2D eigenvalue weighted by Crippen LogP contribution is -2.46. The molecule has 0 saturated carbocycles. The maximum Gasteiger partial charge on any atom is 0.261 e. The number of para-hydroxylation sites is 1. The van der Waals surface area contributed by atoms with Gasteiger partial charge in [0.1, 0.15) is 12.6 Å². The van der Waals surface area contributed by atoms with Crippen LogP contribution in [0.1, 0.15) is 18.5 Å². The Kier molecular flexibility index (Phi) is 5.01. The van der Waals surface area contributed by atoms with Gasteiger partial charge >= 0.3 is 0 Å². The first-order valence-electron chi connectivity index (χ1n) is 9.29. The highest BCUT2D eigenvalue weighted by Crippen LogP contribution is 2.17. The van der Waals surface area contributed by atoms with Crippen molar-refractivity contribution in [2.75, 3.05) is 13.1 Å². The molecule has 2 aromatic heterocycles. The maximum atomic E-state index is 12.8. The van der Waals surface area contributed by atoms with Crippen LogP contribution in [0.5, 0.6) is 5.88 Å². The largest absolute Gasteiger partial charge is 0.471 e. The number of aromatic nitrogens is 4. The summed E-state index contributed by atoms with van der Waals surface area (Å²) in [6.07, 6.45) is 2.97. The number of nitrogens with zero attached hydrogens (tertiary/aromatic N) is 5. The summed E-state index contributed by atoms with van der Waals surface area (Å²) >= 11 is 0. The predicted octanol–water partition coefficient (Wildman–Crippen LogP) is 1.56. The van der Waals surface area contributed by atoms with Crippen molar-refractivity contribution in [1.82, 2.24) is 24.6 Å². The third-order valence-electron chi connectivity index (χ3n) is 4.83. The fourth-order valence-electron chi connectivity index (χ4n) is 3.35. The SMILES string of the molecule is Cc1ccc(OC2CCCN(C(=O)Cn3cnc4ccccc4c3=O)C2)nn1. The minimum Gasteiger partial charge on any atom is -0.471 e. The highest BCUT2D eigenvalue weighted by atomic mass is 16.5. The van der Waals surface area contributed by atoms with Crippen molar-refractivity contribution < 1.29 is 9.53 Å². The summed E-state index contributed by atoms with van der Waals surface area (Å²) in [5.41, 5.74) is 1.24. The first-order valence-corrected chi connectivity index (χ1v) is 9.29. The quantitative estimate of drug-likeness (QED) is 0.683. The summed E-state index contributed by atoms with van der Waals surface area (Å²) in [6.45, 7) is 2.94. The molecule has 28 heavy (non-hydrogen) atoms. The molecule has 0 radical (unpaired) electrons. The van der Waals surface area contributed by atoms with Gasteiger partial charge in [-0.1, -0.05) is 12.1 Å². The van der Waals surface area contributed by atoms with Gasteiger partial charge in [-0.25, -0.2) is 4.98 Å². The highest BCUT2D eigenvalue weighted by molar-refractivity contribution is 5.79. The number of ether oxygens (including phenoxy) is 1. The summed E-state index contributed by atoms with van der Waals surface area (Å²) in [5, 5.41) is 8.52. The van der Waals surface area contributed by atoms with Gasteiger partial charge in [-0.05, 0) is 38.0 Å². The fraction of sp³-hybridized carbons (Fsp3) is 0.350. The molecule has 0 bridgehead atoms. The molecule has 1 aliphatic rings. The normalized spacial score (nSPS) is 16.9. The van der Waals surface area contributed by atoms with Gasteiger partial charge in [0.05, 0.1) is 29.5 Å². The number of carbonyl (C=O) groups is 1. The van der Waals surface area contributed by atoms with E-state index in [2.05, 4.69) is 15.2 Å². The number of rotatable bonds is 4. The third-order valence-corrected chi connectivity index (χ3v) is 4.83. The minimum absolute atomic E-state index is 0.0340. The number of aryl methyl sites for hydroxylation is 1. The molecule has 8 nitrogen and oxygen atoms in total. The number of hydrogen-bond acceptors (Lipinski definition) is 6. The van der Waals surface area contributed by atoms with Crippen LogP contribution in [0.3, 0.4) is 0 Å². The van der Waals surface area contributed by atoms with E-state index in [1.807, 2.05) is 19.1 Å². The Morgan fingerprint density at radius 3 is 2.89 bits per heavy atom. The lowest BCUT2D eigenvalue weighted by molar-refractivity contribution is -0.134. The van der Waals surface area contributed by atoms with Gasteiger partial charge < -0.3 is 9.64 Å². The van der Waals surface area contributed by atoms with Crippen molar-refractivity contribution in [3.05, 3.63) is 58.8 Å². The zero-order valence-corrected chi connectivity index (χ0v) is 15.6. The van der Waals surface area contributed by atoms with E-state index in [0.29, 0.717) is 29.9 Å². The van der Waals surface area contributed by atoms with Gasteiger partial charge in [0.2, 0.25) is 11.8 Å². The summed E-state index contributed by atoms with van der Waals surface area (Å²) in [6, 6.07) is 10.7. The first-order chi connectivity index (χ1) is 13.6. The van der Waals surface area contributed by atoms with E-state index in [9.17, 15) is 9.59 Å². The molecule has 3 aromatic rings. The van der Waals surface area contributed by atoms with Crippen molar-refractivity contribution in [1.29, 1.82) is 0 Å². The molecule has 1 aliphatic heterocycles. The summed E-state index contributed by atoms with van der Waals surface area (Å²) in [7, 11) is 0. The van der Waals surface area contributed by atoms with Crippen LogP contribution in [0, 0.1) is 6.92 Å². The Morgan fingerprint density at radius 1 is 1.21 bits per heavy atom. The molecule has 4 rings (SSSR count). The molecule has 144 valence electrons. The molecular weight excluding hydrogens is 358 g/mol. The van der Waals surface area contributed by atoms with Crippen molar-refractivity contribution in [3.8, 4) is 5.88 Å². The van der Waals surface area contributed by atoms with Crippen molar-refractivity contribution >= 4 is 16.8 Å². The Morgan fingerprint density at radius 2 is 2.07 bits per heavy atom. The van der Waals surface area contributed by atoms with Crippen LogP contribution in [0.4, 0.5) is 0 Å². The number of likely N-dealkylation sites (tertiary alicyclic amines) is 1. The van der Waals surface area contributed by atoms with E-state index < -0.39 is 0 Å². The number of piperidine rings is 1. The molecule has 0 N–H and O–H groups in total. The first kappa shape index (κ1) is 18.1. The van der Waals surface area contributed by atoms with Crippen LogP contribution in [-0.4, -0.2) is 49.7 Å². The number of hydrogen-bond donors (Lipinski definition) is 0. The Labute approximate surface area is 161 Å². The molecule has 1 unspecified atom stereocenters. The van der Waals surface area contributed by atoms with E-state index in [1.54, 1.807) is 29.2 Å². The van der Waals surface area contributed by atoms with Crippen molar-refractivity contribution in [2.24, 2.45) is 0 Å². The van der Waals surface area contributed by atoms with E-state index >= 15 is 0 Å². The highest BCUT2D eigenvalue weighted by Gasteiger charge is 2.25. The average molecular weight is 379 g/mol. The Balaban J connectivity index is 1.44. The van der Waals surface area contributed by atoms with Crippen LogP contribution >= 0.6 is 0 Å². The van der Waals surface area contributed by atoms with E-state index in [-0.39, 0.29) is 24.1 Å². The molecule has 1 aromatic carbocycles. The lowest BCUT2D eigenvalue weighted by Gasteiger charge is -2.32. The maximum absolute atomic E-state index is 12.8. The average Bonchev–Trinajstić information content (AvgIpc) is 2.72. The van der Waals surface area contributed by atoms with Crippen LogP contribution in [-0.2, 0) is 11.3 Å². The van der Waals surface area contributed by atoms with E-state index in [0.717, 1.165) is 18.5 Å². The van der Waals surface area contributed by atoms with Crippen LogP contribution in [0.15, 0.2) is 47.5 Å². The second-order valence-corrected chi connectivity index (χ2v) is 6.93. The zero-order valence-electron chi connectivity index (χ0n) is 15.6. The molecule has 1 amide bonds. The lowest BCUT2D eigenvalue weighted by atomic mass is 10.1. The number of fused-ring (bicyclic) bond motifs is 1. The smallest absolute Gasteiger partial charge is 0.261 e. The van der Waals surface area contributed by atoms with Crippen LogP contribution in [0.2, 0.25) is 0 Å². The zero-order chi connectivity index (χ0) is 19.5. The molecule has 1 saturated heterocycles. The summed E-state index contributed by atoms with van der Waals surface area (Å²) in [4.78, 5) is 31.3. The Bertz CT molecular complexity index is 1050. The summed E-state index contributed by atoms with van der Waals surface area (Å²) < 4.78 is 7.24. The molecule has 3 heterocycles.